The lowest BCUT2D eigenvalue weighted by molar-refractivity contribution is 0.232. The maximum absolute atomic E-state index is 14.2. The number of benzene rings is 1. The second kappa shape index (κ2) is 7.80. The lowest BCUT2D eigenvalue weighted by Crippen LogP contribution is -2.36. The Morgan fingerprint density at radius 1 is 1.21 bits per heavy atom. The molecule has 7 heteroatoms. The zero-order chi connectivity index (χ0) is 19.7. The van der Waals surface area contributed by atoms with Gasteiger partial charge in [-0.3, -0.25) is 9.69 Å². The van der Waals surface area contributed by atoms with Crippen LogP contribution in [-0.4, -0.2) is 21.4 Å². The van der Waals surface area contributed by atoms with E-state index in [9.17, 15) is 13.6 Å². The number of nitriles is 1. The van der Waals surface area contributed by atoms with Crippen molar-refractivity contribution in [2.24, 2.45) is 0 Å². The van der Waals surface area contributed by atoms with Crippen LogP contribution in [0.25, 0.3) is 0 Å². The van der Waals surface area contributed by atoms with Crippen LogP contribution in [0.1, 0.15) is 66.2 Å². The molecule has 2 aliphatic rings. The Balaban J connectivity index is 1.57. The molecule has 1 aromatic heterocycles. The van der Waals surface area contributed by atoms with Crippen LogP contribution in [0.15, 0.2) is 16.9 Å². The molecule has 5 nitrogen and oxygen atoms in total. The van der Waals surface area contributed by atoms with Crippen molar-refractivity contribution in [3.8, 4) is 6.07 Å². The molecule has 1 saturated carbocycles. The molecule has 4 rings (SSSR count). The molecule has 1 aromatic carbocycles. The van der Waals surface area contributed by atoms with E-state index in [-0.39, 0.29) is 29.1 Å². The summed E-state index contributed by atoms with van der Waals surface area (Å²) in [5.41, 5.74) is 1.22. The van der Waals surface area contributed by atoms with Crippen molar-refractivity contribution in [1.29, 1.82) is 5.26 Å². The average molecular weight is 384 g/mol. The van der Waals surface area contributed by atoms with E-state index in [0.717, 1.165) is 43.6 Å². The van der Waals surface area contributed by atoms with Gasteiger partial charge in [-0.2, -0.15) is 5.26 Å². The Labute approximate surface area is 162 Å². The number of halogens is 2. The average Bonchev–Trinajstić information content (AvgIpc) is 2.71. The topological polar surface area (TPSA) is 72.8 Å². The maximum atomic E-state index is 14.2. The van der Waals surface area contributed by atoms with E-state index in [1.807, 2.05) is 4.90 Å². The summed E-state index contributed by atoms with van der Waals surface area (Å²) in [6.45, 7) is 0.993. The van der Waals surface area contributed by atoms with E-state index in [2.05, 4.69) is 4.98 Å². The van der Waals surface area contributed by atoms with Gasteiger partial charge in [0.2, 0.25) is 0 Å². The molecule has 1 N–H and O–H groups in total. The zero-order valence-electron chi connectivity index (χ0n) is 15.6. The number of fused-ring (bicyclic) bond motifs is 1. The maximum Gasteiger partial charge on any atom is 0.254 e. The predicted molar refractivity (Wildman–Crippen MR) is 99.6 cm³/mol. The summed E-state index contributed by atoms with van der Waals surface area (Å²) in [5.74, 6) is -0.398. The molecule has 0 radical (unpaired) electrons. The Hall–Kier alpha value is -2.59. The van der Waals surface area contributed by atoms with Gasteiger partial charge in [-0.05, 0) is 31.4 Å². The zero-order valence-corrected chi connectivity index (χ0v) is 15.6. The lowest BCUT2D eigenvalue weighted by Gasteiger charge is -2.29. The van der Waals surface area contributed by atoms with Crippen LogP contribution in [-0.2, 0) is 19.5 Å². The number of hydrogen-bond donors (Lipinski definition) is 1. The van der Waals surface area contributed by atoms with Crippen molar-refractivity contribution in [2.75, 3.05) is 6.54 Å². The van der Waals surface area contributed by atoms with E-state index in [4.69, 9.17) is 10.2 Å². The Morgan fingerprint density at radius 3 is 2.61 bits per heavy atom. The van der Waals surface area contributed by atoms with Crippen LogP contribution < -0.4 is 5.56 Å². The summed E-state index contributed by atoms with van der Waals surface area (Å²) >= 11 is 0. The molecule has 0 amide bonds. The highest BCUT2D eigenvalue weighted by Gasteiger charge is 2.25. The van der Waals surface area contributed by atoms with E-state index >= 15 is 0 Å². The highest BCUT2D eigenvalue weighted by atomic mass is 19.1. The van der Waals surface area contributed by atoms with Crippen LogP contribution in [0.3, 0.4) is 0 Å². The quantitative estimate of drug-likeness (QED) is 0.879. The number of rotatable bonds is 3. The van der Waals surface area contributed by atoms with Gasteiger partial charge in [-0.15, -0.1) is 0 Å². The second-order valence-corrected chi connectivity index (χ2v) is 7.70. The predicted octanol–water partition coefficient (Wildman–Crippen LogP) is 3.53. The van der Waals surface area contributed by atoms with E-state index in [1.54, 1.807) is 6.07 Å². The molecule has 0 atom stereocenters. The van der Waals surface area contributed by atoms with E-state index < -0.39 is 11.6 Å². The number of aromatic amines is 1. The van der Waals surface area contributed by atoms with Crippen LogP contribution in [0.5, 0.6) is 0 Å². The Bertz CT molecular complexity index is 966. The normalized spacial score (nSPS) is 17.9. The van der Waals surface area contributed by atoms with E-state index in [1.165, 1.54) is 6.42 Å². The van der Waals surface area contributed by atoms with Gasteiger partial charge in [0.1, 0.15) is 17.5 Å². The van der Waals surface area contributed by atoms with Crippen LogP contribution >= 0.6 is 0 Å². The summed E-state index contributed by atoms with van der Waals surface area (Å²) in [6, 6.07) is 3.87. The fraction of sp³-hybridized carbons (Fsp3) is 0.476. The molecule has 28 heavy (non-hydrogen) atoms. The number of aromatic nitrogens is 2. The third-order valence-electron chi connectivity index (χ3n) is 5.81. The number of H-pyrrole nitrogens is 1. The fourth-order valence-corrected chi connectivity index (χ4v) is 4.26. The molecule has 146 valence electrons. The second-order valence-electron chi connectivity index (χ2n) is 7.70. The number of nitrogens with one attached hydrogen (secondary N) is 1. The first kappa shape index (κ1) is 18.8. The van der Waals surface area contributed by atoms with Gasteiger partial charge in [0, 0.05) is 36.7 Å². The van der Waals surface area contributed by atoms with Crippen molar-refractivity contribution < 1.29 is 8.78 Å². The van der Waals surface area contributed by atoms with E-state index in [0.29, 0.717) is 30.8 Å². The van der Waals surface area contributed by atoms with Gasteiger partial charge in [0.05, 0.1) is 17.3 Å². The van der Waals surface area contributed by atoms with Gasteiger partial charge in [-0.1, -0.05) is 19.3 Å². The summed E-state index contributed by atoms with van der Waals surface area (Å²) < 4.78 is 28.5. The van der Waals surface area contributed by atoms with Crippen molar-refractivity contribution >= 4 is 0 Å². The molecule has 0 saturated heterocycles. The van der Waals surface area contributed by atoms with Crippen LogP contribution in [0.2, 0.25) is 0 Å². The smallest absolute Gasteiger partial charge is 0.254 e. The Kier molecular flexibility index (Phi) is 5.23. The molecular weight excluding hydrogens is 362 g/mol. The molecule has 0 spiro atoms. The van der Waals surface area contributed by atoms with Crippen LogP contribution in [0.4, 0.5) is 8.78 Å². The minimum absolute atomic E-state index is 0.0342. The Morgan fingerprint density at radius 2 is 1.93 bits per heavy atom. The monoisotopic (exact) mass is 384 g/mol. The molecular formula is C21H22F2N4O. The third kappa shape index (κ3) is 3.69. The van der Waals surface area contributed by atoms with Gasteiger partial charge >= 0.3 is 0 Å². The minimum Gasteiger partial charge on any atom is -0.310 e. The molecule has 1 aliphatic carbocycles. The van der Waals surface area contributed by atoms with Gasteiger partial charge in [0.25, 0.3) is 5.56 Å². The molecule has 1 fully saturated rings. The number of nitrogens with zero attached hydrogens (tertiary/aromatic N) is 3. The largest absolute Gasteiger partial charge is 0.310 e. The standard InChI is InChI=1S/C21H22F2N4O/c22-17-8-13(10-24)9-18(23)16(17)11-27-7-6-15-19(12-27)25-20(26-21(15)28)14-4-2-1-3-5-14/h8-9,14H,1-7,11-12H2,(H,25,26,28). The summed E-state index contributed by atoms with van der Waals surface area (Å²) in [7, 11) is 0. The molecule has 1 aliphatic heterocycles. The summed E-state index contributed by atoms with van der Waals surface area (Å²) in [5, 5.41) is 8.83. The summed E-state index contributed by atoms with van der Waals surface area (Å²) in [6.07, 6.45) is 6.09. The van der Waals surface area contributed by atoms with Gasteiger partial charge < -0.3 is 4.98 Å². The van der Waals surface area contributed by atoms with Gasteiger partial charge in [0.15, 0.2) is 0 Å². The first-order chi connectivity index (χ1) is 13.5. The molecule has 2 aromatic rings. The first-order valence-electron chi connectivity index (χ1n) is 9.77. The first-order valence-corrected chi connectivity index (χ1v) is 9.77. The lowest BCUT2D eigenvalue weighted by atomic mass is 9.88. The van der Waals surface area contributed by atoms with Gasteiger partial charge in [-0.25, -0.2) is 13.8 Å². The highest BCUT2D eigenvalue weighted by Crippen LogP contribution is 2.31. The van der Waals surface area contributed by atoms with Crippen molar-refractivity contribution in [2.45, 2.75) is 57.5 Å². The molecule has 0 bridgehead atoms. The number of hydrogen-bond acceptors (Lipinski definition) is 4. The SMILES string of the molecule is N#Cc1cc(F)c(CN2CCc3c(nc(C4CCCCC4)[nH]c3=O)C2)c(F)c1. The molecule has 0 unspecified atom stereocenters. The van der Waals surface area contributed by atoms with Crippen LogP contribution in [0, 0.1) is 23.0 Å². The third-order valence-corrected chi connectivity index (χ3v) is 5.81. The fourth-order valence-electron chi connectivity index (χ4n) is 4.26. The van der Waals surface area contributed by atoms with Crippen molar-refractivity contribution in [3.05, 3.63) is 62.3 Å². The van der Waals surface area contributed by atoms with Crippen molar-refractivity contribution in [1.82, 2.24) is 14.9 Å². The van der Waals surface area contributed by atoms with Crippen molar-refractivity contribution in [3.63, 3.8) is 0 Å². The minimum atomic E-state index is -0.718. The highest BCUT2D eigenvalue weighted by molar-refractivity contribution is 5.34. The molecule has 2 heterocycles. The summed E-state index contributed by atoms with van der Waals surface area (Å²) in [4.78, 5) is 22.1.